The summed E-state index contributed by atoms with van der Waals surface area (Å²) in [7, 11) is 3.35. The van der Waals surface area contributed by atoms with Gasteiger partial charge >= 0.3 is 0 Å². The molecule has 0 radical (unpaired) electrons. The molecule has 0 aliphatic rings. The lowest BCUT2D eigenvalue weighted by atomic mass is 10.2. The molecule has 0 atom stereocenters. The summed E-state index contributed by atoms with van der Waals surface area (Å²) >= 11 is 0. The van der Waals surface area contributed by atoms with Crippen molar-refractivity contribution in [3.8, 4) is 11.5 Å². The minimum absolute atomic E-state index is 0.255. The van der Waals surface area contributed by atoms with Crippen LogP contribution in [0.4, 0.5) is 5.82 Å². The summed E-state index contributed by atoms with van der Waals surface area (Å²) in [5.74, 6) is 1.48. The number of methoxy groups -OCH3 is 1. The number of nitrogens with one attached hydrogen (secondary N) is 1. The molecule has 1 aromatic heterocycles. The summed E-state index contributed by atoms with van der Waals surface area (Å²) in [6, 6.07) is 7.15. The van der Waals surface area contributed by atoms with Gasteiger partial charge in [0.2, 0.25) is 5.91 Å². The third kappa shape index (κ3) is 4.74. The van der Waals surface area contributed by atoms with E-state index >= 15 is 0 Å². The highest BCUT2D eigenvalue weighted by atomic mass is 16.5. The third-order valence-electron chi connectivity index (χ3n) is 2.94. The SMILES string of the molecule is C=CCOc1ccc(C=CC(=O)Nc2ccn(C)n2)cc1OC. The number of hydrogen-bond donors (Lipinski definition) is 1. The van der Waals surface area contributed by atoms with E-state index in [1.54, 1.807) is 55.4 Å². The van der Waals surface area contributed by atoms with Gasteiger partial charge in [-0.2, -0.15) is 5.10 Å². The molecule has 1 amide bonds. The number of amides is 1. The predicted molar refractivity (Wildman–Crippen MR) is 89.6 cm³/mol. The summed E-state index contributed by atoms with van der Waals surface area (Å²) in [4.78, 5) is 11.8. The molecule has 120 valence electrons. The molecule has 1 heterocycles. The lowest BCUT2D eigenvalue weighted by Crippen LogP contribution is -2.08. The number of hydrogen-bond acceptors (Lipinski definition) is 4. The molecule has 0 spiro atoms. The van der Waals surface area contributed by atoms with Crippen LogP contribution in [-0.2, 0) is 11.8 Å². The molecule has 1 aromatic carbocycles. The van der Waals surface area contributed by atoms with Crippen LogP contribution in [0.3, 0.4) is 0 Å². The second kappa shape index (κ2) is 7.84. The van der Waals surface area contributed by atoms with E-state index in [-0.39, 0.29) is 5.91 Å². The highest BCUT2D eigenvalue weighted by Gasteiger charge is 2.05. The normalized spacial score (nSPS) is 10.5. The van der Waals surface area contributed by atoms with E-state index < -0.39 is 0 Å². The molecule has 0 saturated heterocycles. The summed E-state index contributed by atoms with van der Waals surface area (Å²) in [6.45, 7) is 4.01. The molecule has 0 aliphatic heterocycles. The van der Waals surface area contributed by atoms with Crippen LogP contribution in [0.2, 0.25) is 0 Å². The maximum absolute atomic E-state index is 11.8. The van der Waals surface area contributed by atoms with Gasteiger partial charge in [-0.1, -0.05) is 18.7 Å². The molecule has 6 nitrogen and oxygen atoms in total. The number of aryl methyl sites for hydroxylation is 1. The van der Waals surface area contributed by atoms with Gasteiger partial charge in [-0.15, -0.1) is 0 Å². The Labute approximate surface area is 135 Å². The van der Waals surface area contributed by atoms with Crippen LogP contribution >= 0.6 is 0 Å². The minimum Gasteiger partial charge on any atom is -0.493 e. The van der Waals surface area contributed by atoms with E-state index in [1.165, 1.54) is 6.08 Å². The number of carbonyl (C=O) groups is 1. The molecule has 1 N–H and O–H groups in total. The molecular formula is C17H19N3O3. The number of ether oxygens (including phenoxy) is 2. The van der Waals surface area contributed by atoms with E-state index in [4.69, 9.17) is 9.47 Å². The fraction of sp³-hybridized carbons (Fsp3) is 0.176. The van der Waals surface area contributed by atoms with Gasteiger partial charge < -0.3 is 14.8 Å². The van der Waals surface area contributed by atoms with Crippen molar-refractivity contribution in [3.05, 3.63) is 54.8 Å². The number of aromatic nitrogens is 2. The Hall–Kier alpha value is -3.02. The molecular weight excluding hydrogens is 294 g/mol. The molecule has 0 fully saturated rings. The van der Waals surface area contributed by atoms with Crippen molar-refractivity contribution >= 4 is 17.8 Å². The highest BCUT2D eigenvalue weighted by Crippen LogP contribution is 2.28. The van der Waals surface area contributed by atoms with Crippen LogP contribution in [0.1, 0.15) is 5.56 Å². The van der Waals surface area contributed by atoms with Crippen molar-refractivity contribution in [2.24, 2.45) is 7.05 Å². The number of carbonyl (C=O) groups excluding carboxylic acids is 1. The second-order valence-electron chi connectivity index (χ2n) is 4.71. The lowest BCUT2D eigenvalue weighted by molar-refractivity contribution is -0.111. The standard InChI is InChI=1S/C17H19N3O3/c1-4-11-23-14-7-5-13(12-15(14)22-3)6-8-17(21)18-16-9-10-20(2)19-16/h4-10,12H,1,11H2,2-3H3,(H,18,19,21). The number of anilines is 1. The quantitative estimate of drug-likeness (QED) is 0.630. The fourth-order valence-electron chi connectivity index (χ4n) is 1.88. The van der Waals surface area contributed by atoms with Crippen molar-refractivity contribution in [1.82, 2.24) is 9.78 Å². The minimum atomic E-state index is -0.255. The topological polar surface area (TPSA) is 65.4 Å². The van der Waals surface area contributed by atoms with Crippen LogP contribution in [0.5, 0.6) is 11.5 Å². The average molecular weight is 313 g/mol. The molecule has 2 aromatic rings. The Morgan fingerprint density at radius 1 is 1.39 bits per heavy atom. The van der Waals surface area contributed by atoms with E-state index in [1.807, 2.05) is 6.07 Å². The van der Waals surface area contributed by atoms with Crippen molar-refractivity contribution in [3.63, 3.8) is 0 Å². The Kier molecular flexibility index (Phi) is 5.57. The van der Waals surface area contributed by atoms with Gasteiger partial charge in [-0.3, -0.25) is 9.48 Å². The number of rotatable bonds is 7. The van der Waals surface area contributed by atoms with Gasteiger partial charge in [-0.25, -0.2) is 0 Å². The largest absolute Gasteiger partial charge is 0.493 e. The fourth-order valence-corrected chi connectivity index (χ4v) is 1.88. The summed E-state index contributed by atoms with van der Waals surface area (Å²) < 4.78 is 12.4. The molecule has 6 heteroatoms. The van der Waals surface area contributed by atoms with E-state index in [0.29, 0.717) is 23.9 Å². The van der Waals surface area contributed by atoms with Gasteiger partial charge in [0.1, 0.15) is 6.61 Å². The van der Waals surface area contributed by atoms with Crippen molar-refractivity contribution in [1.29, 1.82) is 0 Å². The van der Waals surface area contributed by atoms with Crippen LogP contribution in [0.25, 0.3) is 6.08 Å². The molecule has 23 heavy (non-hydrogen) atoms. The molecule has 0 unspecified atom stereocenters. The highest BCUT2D eigenvalue weighted by molar-refractivity contribution is 6.01. The molecule has 0 saturated carbocycles. The first-order valence-electron chi connectivity index (χ1n) is 7.03. The smallest absolute Gasteiger partial charge is 0.249 e. The summed E-state index contributed by atoms with van der Waals surface area (Å²) in [5, 5.41) is 6.76. The Morgan fingerprint density at radius 2 is 2.22 bits per heavy atom. The molecule has 0 aliphatic carbocycles. The van der Waals surface area contributed by atoms with Crippen LogP contribution in [0.15, 0.2) is 49.2 Å². The number of nitrogens with zero attached hydrogens (tertiary/aromatic N) is 2. The predicted octanol–water partition coefficient (Wildman–Crippen LogP) is 2.65. The zero-order valence-corrected chi connectivity index (χ0v) is 13.2. The van der Waals surface area contributed by atoms with Crippen LogP contribution in [0, 0.1) is 0 Å². The van der Waals surface area contributed by atoms with E-state index in [9.17, 15) is 4.79 Å². The Morgan fingerprint density at radius 3 is 2.87 bits per heavy atom. The average Bonchev–Trinajstić information content (AvgIpc) is 2.96. The van der Waals surface area contributed by atoms with Crippen molar-refractivity contribution < 1.29 is 14.3 Å². The monoisotopic (exact) mass is 313 g/mol. The lowest BCUT2D eigenvalue weighted by Gasteiger charge is -2.09. The number of benzene rings is 1. The van der Waals surface area contributed by atoms with E-state index in [2.05, 4.69) is 17.0 Å². The first-order valence-corrected chi connectivity index (χ1v) is 7.03. The van der Waals surface area contributed by atoms with Gasteiger partial charge in [0.05, 0.1) is 7.11 Å². The first-order chi connectivity index (χ1) is 11.1. The summed E-state index contributed by atoms with van der Waals surface area (Å²) in [6.07, 6.45) is 6.55. The van der Waals surface area contributed by atoms with E-state index in [0.717, 1.165) is 5.56 Å². The zero-order valence-electron chi connectivity index (χ0n) is 13.2. The van der Waals surface area contributed by atoms with Crippen molar-refractivity contribution in [2.45, 2.75) is 0 Å². The maximum atomic E-state index is 11.8. The molecule has 0 bridgehead atoms. The summed E-state index contributed by atoms with van der Waals surface area (Å²) in [5.41, 5.74) is 0.823. The first kappa shape index (κ1) is 16.4. The maximum Gasteiger partial charge on any atom is 0.249 e. The Balaban J connectivity index is 2.03. The van der Waals surface area contributed by atoms with Crippen molar-refractivity contribution in [2.75, 3.05) is 19.0 Å². The van der Waals surface area contributed by atoms with Gasteiger partial charge in [0.25, 0.3) is 0 Å². The molecule has 2 rings (SSSR count). The zero-order chi connectivity index (χ0) is 16.7. The second-order valence-corrected chi connectivity index (χ2v) is 4.71. The Bertz CT molecular complexity index is 720. The van der Waals surface area contributed by atoms with Gasteiger partial charge in [0, 0.05) is 25.4 Å². The van der Waals surface area contributed by atoms with Crippen LogP contribution in [-0.4, -0.2) is 29.4 Å². The van der Waals surface area contributed by atoms with Gasteiger partial charge in [-0.05, 0) is 23.8 Å². The van der Waals surface area contributed by atoms with Gasteiger partial charge in [0.15, 0.2) is 17.3 Å². The third-order valence-corrected chi connectivity index (χ3v) is 2.94. The van der Waals surface area contributed by atoms with Crippen LogP contribution < -0.4 is 14.8 Å².